The van der Waals surface area contributed by atoms with Crippen LogP contribution in [0.3, 0.4) is 0 Å². The minimum Gasteiger partial charge on any atom is -0.322 e. The van der Waals surface area contributed by atoms with Crippen molar-refractivity contribution in [1.82, 2.24) is 4.98 Å². The zero-order chi connectivity index (χ0) is 20.5. The van der Waals surface area contributed by atoms with Gasteiger partial charge in [0.25, 0.3) is 5.91 Å². The van der Waals surface area contributed by atoms with E-state index in [-0.39, 0.29) is 5.91 Å². The number of para-hydroxylation sites is 1. The molecule has 1 heterocycles. The number of aromatic nitrogens is 1. The molecule has 0 saturated heterocycles. The third-order valence-corrected chi connectivity index (χ3v) is 5.62. The Hall–Kier alpha value is -3.46. The average Bonchev–Trinajstić information content (AvgIpc) is 2.72. The summed E-state index contributed by atoms with van der Waals surface area (Å²) in [6.45, 7) is 8.25. The number of anilines is 1. The van der Waals surface area contributed by atoms with Gasteiger partial charge >= 0.3 is 0 Å². The first kappa shape index (κ1) is 18.9. The van der Waals surface area contributed by atoms with E-state index in [2.05, 4.69) is 37.4 Å². The van der Waals surface area contributed by atoms with Gasteiger partial charge in [-0.25, -0.2) is 4.98 Å². The number of nitrogens with zero attached hydrogens (tertiary/aromatic N) is 1. The smallest absolute Gasteiger partial charge is 0.256 e. The number of hydrogen-bond donors (Lipinski definition) is 1. The van der Waals surface area contributed by atoms with Crippen molar-refractivity contribution in [3.8, 4) is 11.3 Å². The summed E-state index contributed by atoms with van der Waals surface area (Å²) < 4.78 is 0. The predicted octanol–water partition coefficient (Wildman–Crippen LogP) is 6.39. The van der Waals surface area contributed by atoms with Crippen molar-refractivity contribution in [2.45, 2.75) is 27.7 Å². The third-order valence-electron chi connectivity index (χ3n) is 5.62. The van der Waals surface area contributed by atoms with Gasteiger partial charge in [-0.15, -0.1) is 0 Å². The number of fused-ring (bicyclic) bond motifs is 1. The molecule has 0 aliphatic rings. The number of nitrogens with one attached hydrogen (secondary N) is 1. The van der Waals surface area contributed by atoms with Gasteiger partial charge < -0.3 is 5.32 Å². The lowest BCUT2D eigenvalue weighted by Crippen LogP contribution is -2.14. The van der Waals surface area contributed by atoms with E-state index in [0.29, 0.717) is 5.56 Å². The molecule has 0 fully saturated rings. The zero-order valence-electron chi connectivity index (χ0n) is 17.2. The first-order valence-corrected chi connectivity index (χ1v) is 9.79. The van der Waals surface area contributed by atoms with E-state index < -0.39 is 0 Å². The number of amides is 1. The molecule has 1 N–H and O–H groups in total. The van der Waals surface area contributed by atoms with Crippen LogP contribution in [0.1, 0.15) is 32.6 Å². The Labute approximate surface area is 171 Å². The van der Waals surface area contributed by atoms with E-state index in [1.54, 1.807) is 0 Å². The molecule has 0 spiro atoms. The van der Waals surface area contributed by atoms with E-state index in [9.17, 15) is 4.79 Å². The Morgan fingerprint density at radius 2 is 1.59 bits per heavy atom. The number of hydrogen-bond acceptors (Lipinski definition) is 2. The molecule has 0 atom stereocenters. The van der Waals surface area contributed by atoms with Crippen LogP contribution in [-0.4, -0.2) is 10.9 Å². The molecule has 4 rings (SSSR count). The average molecular weight is 380 g/mol. The molecule has 0 saturated carbocycles. The highest BCUT2D eigenvalue weighted by Crippen LogP contribution is 2.27. The van der Waals surface area contributed by atoms with Crippen molar-refractivity contribution in [2.75, 3.05) is 5.32 Å². The van der Waals surface area contributed by atoms with Crippen molar-refractivity contribution in [3.63, 3.8) is 0 Å². The molecular formula is C26H24N2O. The third kappa shape index (κ3) is 3.64. The van der Waals surface area contributed by atoms with Gasteiger partial charge in [0.1, 0.15) is 0 Å². The fourth-order valence-corrected chi connectivity index (χ4v) is 3.49. The topological polar surface area (TPSA) is 42.0 Å². The maximum absolute atomic E-state index is 13.3. The molecule has 144 valence electrons. The van der Waals surface area contributed by atoms with Crippen LogP contribution in [0.2, 0.25) is 0 Å². The molecule has 0 aliphatic carbocycles. The van der Waals surface area contributed by atoms with Gasteiger partial charge in [-0.2, -0.15) is 0 Å². The molecule has 0 aliphatic heterocycles. The SMILES string of the molecule is Cc1ccc(-c2cc(C(=O)Nc3cccc(C)c3C)c3ccccc3n2)cc1C. The quantitative estimate of drug-likeness (QED) is 0.447. The van der Waals surface area contributed by atoms with Gasteiger partial charge in [-0.3, -0.25) is 4.79 Å². The van der Waals surface area contributed by atoms with E-state index >= 15 is 0 Å². The van der Waals surface area contributed by atoms with Crippen molar-refractivity contribution in [1.29, 1.82) is 0 Å². The summed E-state index contributed by atoms with van der Waals surface area (Å²) in [5, 5.41) is 3.94. The Bertz CT molecular complexity index is 1240. The van der Waals surface area contributed by atoms with Crippen molar-refractivity contribution >= 4 is 22.5 Å². The number of benzene rings is 3. The summed E-state index contributed by atoms with van der Waals surface area (Å²) in [5.74, 6) is -0.123. The zero-order valence-corrected chi connectivity index (χ0v) is 17.2. The lowest BCUT2D eigenvalue weighted by molar-refractivity contribution is 0.102. The molecule has 0 bridgehead atoms. The number of carbonyl (C=O) groups excluding carboxylic acids is 1. The van der Waals surface area contributed by atoms with Crippen LogP contribution in [0.4, 0.5) is 5.69 Å². The van der Waals surface area contributed by atoms with Gasteiger partial charge in [0, 0.05) is 16.6 Å². The van der Waals surface area contributed by atoms with Gasteiger partial charge in [0.05, 0.1) is 16.8 Å². The summed E-state index contributed by atoms with van der Waals surface area (Å²) in [7, 11) is 0. The maximum atomic E-state index is 13.3. The first-order valence-electron chi connectivity index (χ1n) is 9.79. The van der Waals surface area contributed by atoms with Gasteiger partial charge in [0.15, 0.2) is 0 Å². The summed E-state index contributed by atoms with van der Waals surface area (Å²) in [4.78, 5) is 18.1. The Morgan fingerprint density at radius 3 is 2.38 bits per heavy atom. The van der Waals surface area contributed by atoms with E-state index in [1.165, 1.54) is 11.1 Å². The highest BCUT2D eigenvalue weighted by atomic mass is 16.1. The maximum Gasteiger partial charge on any atom is 0.256 e. The highest BCUT2D eigenvalue weighted by molar-refractivity contribution is 6.13. The number of carbonyl (C=O) groups is 1. The Kier molecular flexibility index (Phi) is 4.89. The lowest BCUT2D eigenvalue weighted by atomic mass is 10.0. The molecule has 1 amide bonds. The fraction of sp³-hybridized carbons (Fsp3) is 0.154. The number of aryl methyl sites for hydroxylation is 3. The van der Waals surface area contributed by atoms with Crippen LogP contribution in [-0.2, 0) is 0 Å². The largest absolute Gasteiger partial charge is 0.322 e. The van der Waals surface area contributed by atoms with Crippen LogP contribution < -0.4 is 5.32 Å². The van der Waals surface area contributed by atoms with Crippen LogP contribution in [0.25, 0.3) is 22.2 Å². The molecule has 3 heteroatoms. The molecule has 0 unspecified atom stereocenters. The van der Waals surface area contributed by atoms with E-state index in [0.717, 1.165) is 39.0 Å². The second-order valence-corrected chi connectivity index (χ2v) is 7.57. The minimum atomic E-state index is -0.123. The molecule has 29 heavy (non-hydrogen) atoms. The molecule has 3 nitrogen and oxygen atoms in total. The molecule has 0 radical (unpaired) electrons. The van der Waals surface area contributed by atoms with Crippen LogP contribution in [0.15, 0.2) is 66.7 Å². The van der Waals surface area contributed by atoms with Crippen LogP contribution >= 0.6 is 0 Å². The summed E-state index contributed by atoms with van der Waals surface area (Å²) in [5.41, 5.74) is 8.77. The standard InChI is InChI=1S/C26H24N2O/c1-16-12-13-20(14-18(16)3)25-15-22(21-9-5-6-10-24(21)27-25)26(29)28-23-11-7-8-17(2)19(23)4/h5-15H,1-4H3,(H,28,29). The second kappa shape index (κ2) is 7.51. The van der Waals surface area contributed by atoms with Gasteiger partial charge in [0.2, 0.25) is 0 Å². The molecule has 3 aromatic carbocycles. The molecule has 1 aromatic heterocycles. The lowest BCUT2D eigenvalue weighted by Gasteiger charge is -2.13. The monoisotopic (exact) mass is 380 g/mol. The van der Waals surface area contributed by atoms with Crippen molar-refractivity contribution in [3.05, 3.63) is 94.5 Å². The van der Waals surface area contributed by atoms with Crippen molar-refractivity contribution in [2.24, 2.45) is 0 Å². The van der Waals surface area contributed by atoms with E-state index in [1.807, 2.05) is 62.4 Å². The fourth-order valence-electron chi connectivity index (χ4n) is 3.49. The number of rotatable bonds is 3. The Morgan fingerprint density at radius 1 is 0.793 bits per heavy atom. The summed E-state index contributed by atoms with van der Waals surface area (Å²) >= 11 is 0. The van der Waals surface area contributed by atoms with E-state index in [4.69, 9.17) is 4.98 Å². The molecular weight excluding hydrogens is 356 g/mol. The van der Waals surface area contributed by atoms with Crippen molar-refractivity contribution < 1.29 is 4.79 Å². The first-order chi connectivity index (χ1) is 13.9. The second-order valence-electron chi connectivity index (χ2n) is 7.57. The van der Waals surface area contributed by atoms with Gasteiger partial charge in [-0.1, -0.05) is 42.5 Å². The minimum absolute atomic E-state index is 0.123. The predicted molar refractivity (Wildman–Crippen MR) is 121 cm³/mol. The van der Waals surface area contributed by atoms with Gasteiger partial charge in [-0.05, 0) is 74.2 Å². The normalized spacial score (nSPS) is 10.9. The van der Waals surface area contributed by atoms with Crippen LogP contribution in [0.5, 0.6) is 0 Å². The molecule has 4 aromatic rings. The summed E-state index contributed by atoms with van der Waals surface area (Å²) in [6.07, 6.45) is 0. The highest BCUT2D eigenvalue weighted by Gasteiger charge is 2.15. The van der Waals surface area contributed by atoms with Crippen LogP contribution in [0, 0.1) is 27.7 Å². The Balaban J connectivity index is 1.83. The summed E-state index contributed by atoms with van der Waals surface area (Å²) in [6, 6.07) is 21.9. The number of pyridine rings is 1.